The van der Waals surface area contributed by atoms with Crippen molar-refractivity contribution < 1.29 is 38.0 Å². The molecule has 4 aromatic carbocycles. The number of carbonyl (C=O) groups excluding carboxylic acids is 1. The number of amides is 1. The van der Waals surface area contributed by atoms with Gasteiger partial charge in [0.1, 0.15) is 35.7 Å². The van der Waals surface area contributed by atoms with Crippen LogP contribution in [-0.4, -0.2) is 72.1 Å². The smallest absolute Gasteiger partial charge is 0.412 e. The van der Waals surface area contributed by atoms with E-state index in [1.54, 1.807) is 4.90 Å². The monoisotopic (exact) mass is 765 g/mol. The molecule has 56 heavy (non-hydrogen) atoms. The summed E-state index contributed by atoms with van der Waals surface area (Å²) in [5.41, 5.74) is 2.85. The second kappa shape index (κ2) is 19.9. The van der Waals surface area contributed by atoms with Gasteiger partial charge in [-0.2, -0.15) is 0 Å². The van der Waals surface area contributed by atoms with E-state index < -0.39 is 35.7 Å². The maximum Gasteiger partial charge on any atom is 0.412 e. The number of hydrogen-bond donors (Lipinski definition) is 0. The quantitative estimate of drug-likeness (QED) is 0.105. The van der Waals surface area contributed by atoms with Crippen molar-refractivity contribution in [1.29, 1.82) is 0 Å². The summed E-state index contributed by atoms with van der Waals surface area (Å²) in [6.45, 7) is 11.8. The fourth-order valence-electron chi connectivity index (χ4n) is 7.45. The molecule has 0 bridgehead atoms. The molecule has 0 aliphatic carbocycles. The highest BCUT2D eigenvalue weighted by Crippen LogP contribution is 2.35. The maximum atomic E-state index is 13.4. The first-order valence-electron chi connectivity index (χ1n) is 20.0. The molecule has 2 heterocycles. The minimum Gasteiger partial charge on any atom is -0.444 e. The van der Waals surface area contributed by atoms with Crippen LogP contribution >= 0.6 is 0 Å². The van der Waals surface area contributed by atoms with Crippen LogP contribution in [0.15, 0.2) is 121 Å². The van der Waals surface area contributed by atoms with Crippen molar-refractivity contribution in [2.45, 2.75) is 128 Å². The lowest BCUT2D eigenvalue weighted by Crippen LogP contribution is -2.61. The van der Waals surface area contributed by atoms with Crippen LogP contribution in [0.2, 0.25) is 0 Å². The van der Waals surface area contributed by atoms with E-state index >= 15 is 0 Å². The number of hydrogen-bond acceptors (Lipinski definition) is 8. The van der Waals surface area contributed by atoms with Gasteiger partial charge in [-0.1, -0.05) is 121 Å². The highest BCUT2D eigenvalue weighted by molar-refractivity contribution is 5.69. The van der Waals surface area contributed by atoms with Crippen molar-refractivity contribution >= 4 is 6.09 Å². The summed E-state index contributed by atoms with van der Waals surface area (Å²) in [5.74, 6) is 0. The van der Waals surface area contributed by atoms with Crippen molar-refractivity contribution in [3.8, 4) is 0 Å². The van der Waals surface area contributed by atoms with Crippen molar-refractivity contribution in [2.75, 3.05) is 13.2 Å². The van der Waals surface area contributed by atoms with Gasteiger partial charge in [-0.05, 0) is 76.1 Å². The van der Waals surface area contributed by atoms with Crippen molar-refractivity contribution in [2.24, 2.45) is 0 Å². The molecule has 0 spiro atoms. The van der Waals surface area contributed by atoms with Crippen LogP contribution in [0, 0.1) is 0 Å². The minimum absolute atomic E-state index is 0.149. The maximum absolute atomic E-state index is 13.4. The highest BCUT2D eigenvalue weighted by atomic mass is 16.6. The van der Waals surface area contributed by atoms with Gasteiger partial charge in [0.05, 0.1) is 51.8 Å². The molecule has 6 rings (SSSR count). The average Bonchev–Trinajstić information content (AvgIpc) is 3.50. The summed E-state index contributed by atoms with van der Waals surface area (Å²) in [6.07, 6.45) is -0.523. The third kappa shape index (κ3) is 12.0. The predicted molar refractivity (Wildman–Crippen MR) is 216 cm³/mol. The Morgan fingerprint density at radius 2 is 1.09 bits per heavy atom. The van der Waals surface area contributed by atoms with Gasteiger partial charge in [0.15, 0.2) is 0 Å². The van der Waals surface area contributed by atoms with Gasteiger partial charge in [0.25, 0.3) is 0 Å². The van der Waals surface area contributed by atoms with Gasteiger partial charge < -0.3 is 33.2 Å². The van der Waals surface area contributed by atoms with Crippen LogP contribution in [-0.2, 0) is 59.6 Å². The molecule has 9 nitrogen and oxygen atoms in total. The third-order valence-electron chi connectivity index (χ3n) is 10.2. The van der Waals surface area contributed by atoms with Gasteiger partial charge in [0.2, 0.25) is 0 Å². The summed E-state index contributed by atoms with van der Waals surface area (Å²) in [5, 5.41) is 0. The molecule has 2 fully saturated rings. The SMILES string of the molecule is CC(C)(C)OC(=O)N1[C@@H](CCC[C@@H]2O[C@H](COCc3ccccc3)[C@@H](OCc3ccccc3)[C@H](OCc3ccccc3)[C@@H]2OCc2ccccc2)COC1(C)C. The normalized spacial score (nSPS) is 23.6. The molecule has 0 N–H and O–H groups in total. The second-order valence-electron chi connectivity index (χ2n) is 16.2. The minimum atomic E-state index is -0.781. The van der Waals surface area contributed by atoms with Gasteiger partial charge in [-0.3, -0.25) is 4.90 Å². The Kier molecular flexibility index (Phi) is 14.7. The van der Waals surface area contributed by atoms with Crippen molar-refractivity contribution in [3.05, 3.63) is 144 Å². The number of nitrogens with zero attached hydrogens (tertiary/aromatic N) is 1. The van der Waals surface area contributed by atoms with Gasteiger partial charge in [0, 0.05) is 0 Å². The molecule has 0 unspecified atom stereocenters. The Labute approximate surface area is 333 Å². The van der Waals surface area contributed by atoms with Crippen LogP contribution in [0.3, 0.4) is 0 Å². The molecule has 4 aromatic rings. The van der Waals surface area contributed by atoms with E-state index in [9.17, 15) is 4.79 Å². The molecule has 9 heteroatoms. The number of carbonyl (C=O) groups is 1. The Hall–Kier alpha value is -4.09. The first kappa shape index (κ1) is 41.5. The topological polar surface area (TPSA) is 84.9 Å². The Morgan fingerprint density at radius 1 is 0.643 bits per heavy atom. The fraction of sp³-hybridized carbons (Fsp3) is 0.468. The van der Waals surface area contributed by atoms with Crippen LogP contribution in [0.1, 0.15) is 76.1 Å². The standard InChI is InChI=1S/C47H59NO8/c1-46(2,3)56-45(49)48-39(33-54-47(48,4)5)27-18-28-40-42(51-30-36-21-12-7-13-22-36)44(53-32-38-25-16-9-17-26-38)43(52-31-37-23-14-8-15-24-37)41(55-40)34-50-29-35-19-10-6-11-20-35/h6-17,19-26,39-44H,18,27-34H2,1-5H3/t39-,40-,41+,42+,43+,44+/m0/s1. The molecule has 0 radical (unpaired) electrons. The summed E-state index contributed by atoms with van der Waals surface area (Å²) in [4.78, 5) is 15.2. The lowest BCUT2D eigenvalue weighted by molar-refractivity contribution is -0.273. The Morgan fingerprint density at radius 3 is 1.57 bits per heavy atom. The molecule has 0 saturated carbocycles. The first-order chi connectivity index (χ1) is 27.1. The summed E-state index contributed by atoms with van der Waals surface area (Å²) >= 11 is 0. The van der Waals surface area contributed by atoms with Crippen LogP contribution in [0.4, 0.5) is 4.79 Å². The summed E-state index contributed by atoms with van der Waals surface area (Å²) < 4.78 is 46.0. The number of benzene rings is 4. The zero-order chi connectivity index (χ0) is 39.4. The lowest BCUT2D eigenvalue weighted by atomic mass is 9.91. The van der Waals surface area contributed by atoms with E-state index in [2.05, 4.69) is 48.5 Å². The largest absolute Gasteiger partial charge is 0.444 e. The van der Waals surface area contributed by atoms with Crippen LogP contribution in [0.25, 0.3) is 0 Å². The predicted octanol–water partition coefficient (Wildman–Crippen LogP) is 9.27. The second-order valence-corrected chi connectivity index (χ2v) is 16.2. The third-order valence-corrected chi connectivity index (χ3v) is 10.2. The van der Waals surface area contributed by atoms with E-state index in [-0.39, 0.29) is 18.2 Å². The molecule has 300 valence electrons. The van der Waals surface area contributed by atoms with E-state index in [0.717, 1.165) is 28.7 Å². The van der Waals surface area contributed by atoms with E-state index in [4.69, 9.17) is 33.2 Å². The Balaban J connectivity index is 1.27. The highest BCUT2D eigenvalue weighted by Gasteiger charge is 2.49. The molecule has 2 aliphatic rings. The molecular weight excluding hydrogens is 707 g/mol. The van der Waals surface area contributed by atoms with Gasteiger partial charge in [-0.25, -0.2) is 4.79 Å². The first-order valence-corrected chi connectivity index (χ1v) is 20.0. The summed E-state index contributed by atoms with van der Waals surface area (Å²) in [6, 6.07) is 40.5. The zero-order valence-corrected chi connectivity index (χ0v) is 33.6. The van der Waals surface area contributed by atoms with Gasteiger partial charge in [-0.15, -0.1) is 0 Å². The lowest BCUT2D eigenvalue weighted by Gasteiger charge is -2.46. The summed E-state index contributed by atoms with van der Waals surface area (Å²) in [7, 11) is 0. The van der Waals surface area contributed by atoms with E-state index in [1.165, 1.54) is 0 Å². The molecular formula is C47H59NO8. The molecule has 2 aliphatic heterocycles. The van der Waals surface area contributed by atoms with Crippen molar-refractivity contribution in [1.82, 2.24) is 4.90 Å². The van der Waals surface area contributed by atoms with Crippen LogP contribution < -0.4 is 0 Å². The van der Waals surface area contributed by atoms with E-state index in [0.29, 0.717) is 52.5 Å². The van der Waals surface area contributed by atoms with Crippen molar-refractivity contribution in [3.63, 3.8) is 0 Å². The fourth-order valence-corrected chi connectivity index (χ4v) is 7.45. The zero-order valence-electron chi connectivity index (χ0n) is 33.6. The number of rotatable bonds is 17. The molecule has 6 atom stereocenters. The van der Waals surface area contributed by atoms with E-state index in [1.807, 2.05) is 107 Å². The average molecular weight is 766 g/mol. The Bertz CT molecular complexity index is 1730. The molecule has 0 aromatic heterocycles. The van der Waals surface area contributed by atoms with Crippen LogP contribution in [0.5, 0.6) is 0 Å². The van der Waals surface area contributed by atoms with Gasteiger partial charge >= 0.3 is 6.09 Å². The molecule has 2 saturated heterocycles. The number of ether oxygens (including phenoxy) is 7. The molecule has 1 amide bonds.